The molecule has 0 unspecified atom stereocenters. The largest absolute Gasteiger partial charge is 0.347 e. The first-order chi connectivity index (χ1) is 12.0. The summed E-state index contributed by atoms with van der Waals surface area (Å²) >= 11 is 0. The number of likely N-dealkylation sites (tertiary alicyclic amines) is 1. The highest BCUT2D eigenvalue weighted by molar-refractivity contribution is 5.92. The van der Waals surface area contributed by atoms with Crippen molar-refractivity contribution in [1.29, 1.82) is 0 Å². The van der Waals surface area contributed by atoms with Gasteiger partial charge in [0.25, 0.3) is 0 Å². The van der Waals surface area contributed by atoms with Gasteiger partial charge in [-0.3, -0.25) is 9.59 Å². The fourth-order valence-corrected chi connectivity index (χ4v) is 3.34. The van der Waals surface area contributed by atoms with E-state index in [-0.39, 0.29) is 30.6 Å². The average Bonchev–Trinajstić information content (AvgIpc) is 3.05. The molecule has 2 fully saturated rings. The van der Waals surface area contributed by atoms with E-state index < -0.39 is 5.79 Å². The summed E-state index contributed by atoms with van der Waals surface area (Å²) in [5.74, 6) is -1.04. The summed E-state index contributed by atoms with van der Waals surface area (Å²) in [7, 11) is 0. The number of amides is 2. The van der Waals surface area contributed by atoms with E-state index in [1.54, 1.807) is 17.0 Å². The second-order valence-electron chi connectivity index (χ2n) is 6.39. The van der Waals surface area contributed by atoms with Crippen LogP contribution in [0.3, 0.4) is 0 Å². The summed E-state index contributed by atoms with van der Waals surface area (Å²) in [6.45, 7) is 4.12. The van der Waals surface area contributed by atoms with Gasteiger partial charge >= 0.3 is 0 Å². The topological polar surface area (TPSA) is 59.1 Å². The molecule has 7 heteroatoms. The fourth-order valence-electron chi connectivity index (χ4n) is 3.34. The highest BCUT2D eigenvalue weighted by Crippen LogP contribution is 2.31. The summed E-state index contributed by atoms with van der Waals surface area (Å²) < 4.78 is 24.4. The molecule has 0 bridgehead atoms. The Bertz CT molecular complexity index is 618. The Kier molecular flexibility index (Phi) is 5.34. The fraction of sp³-hybridized carbons (Fsp3) is 0.556. The third kappa shape index (κ3) is 4.16. The number of carbonyl (C=O) groups excluding carboxylic acids is 2. The van der Waals surface area contributed by atoms with E-state index in [0.29, 0.717) is 44.8 Å². The van der Waals surface area contributed by atoms with Crippen LogP contribution in [0.1, 0.15) is 26.2 Å². The lowest BCUT2D eigenvalue weighted by molar-refractivity contribution is -0.187. The number of ether oxygens (including phenoxy) is 2. The molecule has 2 aliphatic rings. The lowest BCUT2D eigenvalue weighted by atomic mass is 10.0. The minimum absolute atomic E-state index is 0.00112. The van der Waals surface area contributed by atoms with Crippen LogP contribution in [0.2, 0.25) is 0 Å². The molecule has 2 aliphatic heterocycles. The predicted molar refractivity (Wildman–Crippen MR) is 89.5 cm³/mol. The first-order valence-corrected chi connectivity index (χ1v) is 8.58. The highest BCUT2D eigenvalue weighted by atomic mass is 19.1. The standard InChI is InChI=1S/C18H23FN2O4/c1-14(22)21(16-4-2-15(19)3-5-16)9-6-17(23)20-10-7-18(8-11-20)24-12-13-25-18/h2-5H,6-13H2,1H3. The van der Waals surface area contributed by atoms with E-state index in [1.807, 2.05) is 0 Å². The van der Waals surface area contributed by atoms with Crippen molar-refractivity contribution in [3.05, 3.63) is 30.1 Å². The van der Waals surface area contributed by atoms with Crippen molar-refractivity contribution in [2.75, 3.05) is 37.7 Å². The summed E-state index contributed by atoms with van der Waals surface area (Å²) in [5.41, 5.74) is 0.590. The van der Waals surface area contributed by atoms with Crippen LogP contribution in [0.4, 0.5) is 10.1 Å². The van der Waals surface area contributed by atoms with E-state index in [4.69, 9.17) is 9.47 Å². The second kappa shape index (κ2) is 7.49. The number of benzene rings is 1. The monoisotopic (exact) mass is 350 g/mol. The molecule has 0 radical (unpaired) electrons. The molecule has 0 aromatic heterocycles. The van der Waals surface area contributed by atoms with Gasteiger partial charge in [0, 0.05) is 51.5 Å². The van der Waals surface area contributed by atoms with Crippen LogP contribution in [0.5, 0.6) is 0 Å². The second-order valence-corrected chi connectivity index (χ2v) is 6.39. The predicted octanol–water partition coefficient (Wildman–Crippen LogP) is 1.93. The van der Waals surface area contributed by atoms with Crippen LogP contribution in [-0.4, -0.2) is 55.3 Å². The molecule has 1 aromatic rings. The molecule has 3 rings (SSSR count). The minimum atomic E-state index is -0.504. The summed E-state index contributed by atoms with van der Waals surface area (Å²) in [6.07, 6.45) is 1.58. The van der Waals surface area contributed by atoms with Crippen molar-refractivity contribution in [3.63, 3.8) is 0 Å². The van der Waals surface area contributed by atoms with Crippen LogP contribution >= 0.6 is 0 Å². The van der Waals surface area contributed by atoms with Gasteiger partial charge in [-0.15, -0.1) is 0 Å². The van der Waals surface area contributed by atoms with E-state index in [2.05, 4.69) is 0 Å². The number of halogens is 1. The molecule has 1 spiro atoms. The molecule has 25 heavy (non-hydrogen) atoms. The molecule has 1 aromatic carbocycles. The number of carbonyl (C=O) groups is 2. The lowest BCUT2D eigenvalue weighted by Crippen LogP contribution is -2.48. The minimum Gasteiger partial charge on any atom is -0.347 e. The molecular formula is C18H23FN2O4. The zero-order valence-corrected chi connectivity index (χ0v) is 14.4. The first kappa shape index (κ1) is 17.8. The smallest absolute Gasteiger partial charge is 0.224 e. The van der Waals surface area contributed by atoms with E-state index >= 15 is 0 Å². The van der Waals surface area contributed by atoms with Crippen molar-refractivity contribution in [3.8, 4) is 0 Å². The summed E-state index contributed by atoms with van der Waals surface area (Å²) in [6, 6.07) is 5.69. The molecule has 136 valence electrons. The highest BCUT2D eigenvalue weighted by Gasteiger charge is 2.40. The molecule has 0 atom stereocenters. The Balaban J connectivity index is 1.53. The molecule has 2 amide bonds. The SMILES string of the molecule is CC(=O)N(CCC(=O)N1CCC2(CC1)OCCO2)c1ccc(F)cc1. The third-order valence-electron chi connectivity index (χ3n) is 4.76. The van der Waals surface area contributed by atoms with Crippen molar-refractivity contribution in [2.24, 2.45) is 0 Å². The van der Waals surface area contributed by atoms with Crippen LogP contribution in [0.25, 0.3) is 0 Å². The lowest BCUT2D eigenvalue weighted by Gasteiger charge is -2.37. The van der Waals surface area contributed by atoms with Crippen LogP contribution in [0.15, 0.2) is 24.3 Å². The molecule has 2 saturated heterocycles. The van der Waals surface area contributed by atoms with Crippen molar-refractivity contribution in [2.45, 2.75) is 32.0 Å². The Hall–Kier alpha value is -1.99. The Labute approximate surface area is 146 Å². The number of hydrogen-bond donors (Lipinski definition) is 0. The maximum atomic E-state index is 13.0. The number of piperidine rings is 1. The van der Waals surface area contributed by atoms with Crippen molar-refractivity contribution < 1.29 is 23.5 Å². The van der Waals surface area contributed by atoms with Gasteiger partial charge in [-0.25, -0.2) is 4.39 Å². The van der Waals surface area contributed by atoms with Gasteiger partial charge < -0.3 is 19.3 Å². The Morgan fingerprint density at radius 2 is 1.76 bits per heavy atom. The Morgan fingerprint density at radius 1 is 1.16 bits per heavy atom. The van der Waals surface area contributed by atoms with Gasteiger partial charge in [0.1, 0.15) is 5.82 Å². The molecule has 0 saturated carbocycles. The van der Waals surface area contributed by atoms with Gasteiger partial charge in [0.15, 0.2) is 5.79 Å². The summed E-state index contributed by atoms with van der Waals surface area (Å²) in [4.78, 5) is 27.6. The third-order valence-corrected chi connectivity index (χ3v) is 4.76. The van der Waals surface area contributed by atoms with E-state index in [0.717, 1.165) is 0 Å². The zero-order valence-electron chi connectivity index (χ0n) is 14.4. The first-order valence-electron chi connectivity index (χ1n) is 8.58. The zero-order chi connectivity index (χ0) is 17.9. The van der Waals surface area contributed by atoms with Crippen LogP contribution in [0, 0.1) is 5.82 Å². The van der Waals surface area contributed by atoms with E-state index in [1.165, 1.54) is 24.0 Å². The van der Waals surface area contributed by atoms with Gasteiger partial charge in [-0.1, -0.05) is 0 Å². The maximum Gasteiger partial charge on any atom is 0.224 e. The van der Waals surface area contributed by atoms with Crippen molar-refractivity contribution in [1.82, 2.24) is 4.90 Å². The molecule has 6 nitrogen and oxygen atoms in total. The molecule has 0 aliphatic carbocycles. The number of anilines is 1. The molecule has 0 N–H and O–H groups in total. The molecular weight excluding hydrogens is 327 g/mol. The van der Waals surface area contributed by atoms with Gasteiger partial charge in [-0.2, -0.15) is 0 Å². The van der Waals surface area contributed by atoms with Crippen LogP contribution < -0.4 is 4.90 Å². The van der Waals surface area contributed by atoms with E-state index in [9.17, 15) is 14.0 Å². The van der Waals surface area contributed by atoms with Gasteiger partial charge in [0.05, 0.1) is 13.2 Å². The van der Waals surface area contributed by atoms with Gasteiger partial charge in [-0.05, 0) is 24.3 Å². The molecule has 2 heterocycles. The maximum absolute atomic E-state index is 13.0. The van der Waals surface area contributed by atoms with Crippen LogP contribution in [-0.2, 0) is 19.1 Å². The van der Waals surface area contributed by atoms with Gasteiger partial charge in [0.2, 0.25) is 11.8 Å². The number of rotatable bonds is 4. The van der Waals surface area contributed by atoms with Crippen molar-refractivity contribution >= 4 is 17.5 Å². The Morgan fingerprint density at radius 3 is 2.32 bits per heavy atom. The average molecular weight is 350 g/mol. The number of hydrogen-bond acceptors (Lipinski definition) is 4. The normalized spacial score (nSPS) is 19.2. The summed E-state index contributed by atoms with van der Waals surface area (Å²) in [5, 5.41) is 0. The quantitative estimate of drug-likeness (QED) is 0.833. The number of nitrogens with zero attached hydrogens (tertiary/aromatic N) is 2.